The summed E-state index contributed by atoms with van der Waals surface area (Å²) in [4.78, 5) is 28.1. The molecule has 0 radical (unpaired) electrons. The van der Waals surface area contributed by atoms with E-state index in [1.54, 1.807) is 10.9 Å². The van der Waals surface area contributed by atoms with Crippen LogP contribution in [0.4, 0.5) is 5.82 Å². The largest absolute Gasteiger partial charge is 0.378 e. The number of rotatable bonds is 11. The third-order valence-electron chi connectivity index (χ3n) is 6.52. The summed E-state index contributed by atoms with van der Waals surface area (Å²) in [6.45, 7) is 1.10. The van der Waals surface area contributed by atoms with E-state index in [1.807, 2.05) is 0 Å². The number of hydrogen-bond acceptors (Lipinski definition) is 9. The zero-order valence-electron chi connectivity index (χ0n) is 18.5. The van der Waals surface area contributed by atoms with Crippen molar-refractivity contribution in [3.63, 3.8) is 0 Å². The quantitative estimate of drug-likeness (QED) is 0.314. The number of hydrogen-bond donors (Lipinski definition) is 3. The Morgan fingerprint density at radius 3 is 2.73 bits per heavy atom. The molecule has 2 aliphatic carbocycles. The van der Waals surface area contributed by atoms with Crippen LogP contribution in [-0.2, 0) is 14.2 Å². The van der Waals surface area contributed by atoms with Gasteiger partial charge in [-0.15, -0.1) is 0 Å². The van der Waals surface area contributed by atoms with E-state index in [0.29, 0.717) is 30.0 Å². The third kappa shape index (κ3) is 5.93. The molecule has 3 heterocycles. The zero-order chi connectivity index (χ0) is 22.8. The Morgan fingerprint density at radius 1 is 1.15 bits per heavy atom. The molecule has 1 saturated heterocycles. The lowest BCUT2D eigenvalue weighted by atomic mass is 10.2. The standard InChI is InChI=1S/C21H31ClN5O5P/c22-21-25-19(24-14-3-1-2-4-14)16-9-23-27(20(16)26-21)17-8-7-15(32-17)11-31-18(33(28)29)12-30-10-13-5-6-13/h9,13-15,17-18,28-29H,1-8,10-12H2,(H,24,25,26). The highest BCUT2D eigenvalue weighted by atomic mass is 35.5. The Kier molecular flexibility index (Phi) is 7.61. The summed E-state index contributed by atoms with van der Waals surface area (Å²) in [7, 11) is -2.24. The van der Waals surface area contributed by atoms with Crippen LogP contribution in [0.5, 0.6) is 0 Å². The molecule has 3 unspecified atom stereocenters. The van der Waals surface area contributed by atoms with Gasteiger partial charge in [-0.2, -0.15) is 15.1 Å². The fourth-order valence-corrected chi connectivity index (χ4v) is 5.12. The molecule has 1 aliphatic heterocycles. The van der Waals surface area contributed by atoms with Crippen LogP contribution in [0.3, 0.4) is 0 Å². The van der Waals surface area contributed by atoms with Gasteiger partial charge in [-0.05, 0) is 56.0 Å². The second-order valence-electron chi connectivity index (χ2n) is 9.17. The van der Waals surface area contributed by atoms with E-state index in [9.17, 15) is 9.79 Å². The number of fused-ring (bicyclic) bond motifs is 1. The van der Waals surface area contributed by atoms with Gasteiger partial charge in [0.1, 0.15) is 11.7 Å². The second kappa shape index (κ2) is 10.6. The van der Waals surface area contributed by atoms with Crippen LogP contribution >= 0.6 is 20.0 Å². The fraction of sp³-hybridized carbons (Fsp3) is 0.762. The van der Waals surface area contributed by atoms with Crippen molar-refractivity contribution >= 4 is 36.8 Å². The van der Waals surface area contributed by atoms with Gasteiger partial charge in [0.05, 0.1) is 30.9 Å². The lowest BCUT2D eigenvalue weighted by Crippen LogP contribution is -2.25. The molecule has 2 aromatic rings. The topological polar surface area (TPSA) is 124 Å². The Bertz CT molecular complexity index is 939. The molecule has 3 aliphatic rings. The average Bonchev–Trinajstić information content (AvgIpc) is 3.16. The zero-order valence-corrected chi connectivity index (χ0v) is 20.1. The first-order valence-electron chi connectivity index (χ1n) is 11.8. The van der Waals surface area contributed by atoms with Gasteiger partial charge in [-0.25, -0.2) is 4.68 Å². The van der Waals surface area contributed by atoms with Crippen molar-refractivity contribution in [1.29, 1.82) is 0 Å². The predicted molar refractivity (Wildman–Crippen MR) is 124 cm³/mol. The van der Waals surface area contributed by atoms with Crippen molar-refractivity contribution in [3.8, 4) is 0 Å². The molecule has 3 N–H and O–H groups in total. The van der Waals surface area contributed by atoms with Gasteiger partial charge in [0.2, 0.25) is 5.28 Å². The average molecular weight is 500 g/mol. The minimum atomic E-state index is -2.24. The maximum Gasteiger partial charge on any atom is 0.226 e. The van der Waals surface area contributed by atoms with Crippen molar-refractivity contribution in [3.05, 3.63) is 11.5 Å². The van der Waals surface area contributed by atoms with Crippen molar-refractivity contribution < 1.29 is 24.0 Å². The highest BCUT2D eigenvalue weighted by molar-refractivity contribution is 7.45. The minimum Gasteiger partial charge on any atom is -0.378 e. The molecule has 12 heteroatoms. The molecule has 5 rings (SSSR count). The molecular formula is C21H31ClN5O5P. The SMILES string of the molecule is OP(O)C(COCC1CC1)OCC1CCC(n2ncc3c(NC4CCCC4)nc(Cl)nc32)O1. The molecule has 0 aromatic carbocycles. The Labute approximate surface area is 198 Å². The maximum absolute atomic E-state index is 9.67. The smallest absolute Gasteiger partial charge is 0.226 e. The second-order valence-corrected chi connectivity index (χ2v) is 10.7. The van der Waals surface area contributed by atoms with Gasteiger partial charge in [0.25, 0.3) is 0 Å². The molecule has 33 heavy (non-hydrogen) atoms. The van der Waals surface area contributed by atoms with E-state index in [2.05, 4.69) is 20.4 Å². The fourth-order valence-electron chi connectivity index (χ4n) is 4.49. The Hall–Kier alpha value is -1.13. The van der Waals surface area contributed by atoms with Crippen LogP contribution in [0.15, 0.2) is 6.20 Å². The first kappa shape index (κ1) is 23.6. The van der Waals surface area contributed by atoms with Gasteiger partial charge < -0.3 is 29.3 Å². The van der Waals surface area contributed by atoms with Gasteiger partial charge in [0.15, 0.2) is 20.3 Å². The van der Waals surface area contributed by atoms with Crippen LogP contribution in [0.1, 0.15) is 57.6 Å². The monoisotopic (exact) mass is 499 g/mol. The highest BCUT2D eigenvalue weighted by Crippen LogP contribution is 2.36. The van der Waals surface area contributed by atoms with Gasteiger partial charge >= 0.3 is 0 Å². The van der Waals surface area contributed by atoms with E-state index >= 15 is 0 Å². The normalized spacial score (nSPS) is 24.8. The van der Waals surface area contributed by atoms with E-state index < -0.39 is 14.2 Å². The number of halogens is 1. The van der Waals surface area contributed by atoms with Crippen molar-refractivity contribution in [1.82, 2.24) is 19.7 Å². The first-order valence-corrected chi connectivity index (χ1v) is 13.5. The summed E-state index contributed by atoms with van der Waals surface area (Å²) in [5.74, 6) is 0.597. The molecule has 182 valence electrons. The first-order chi connectivity index (χ1) is 16.1. The van der Waals surface area contributed by atoms with Crippen molar-refractivity contribution in [2.75, 3.05) is 25.1 Å². The van der Waals surface area contributed by atoms with Gasteiger partial charge in [-0.3, -0.25) is 0 Å². The molecule has 2 saturated carbocycles. The van der Waals surface area contributed by atoms with Crippen LogP contribution in [-0.4, -0.2) is 67.3 Å². The van der Waals surface area contributed by atoms with Crippen LogP contribution in [0.2, 0.25) is 5.28 Å². The molecule has 10 nitrogen and oxygen atoms in total. The Morgan fingerprint density at radius 2 is 1.97 bits per heavy atom. The van der Waals surface area contributed by atoms with E-state index in [1.165, 1.54) is 25.7 Å². The van der Waals surface area contributed by atoms with Crippen LogP contribution in [0, 0.1) is 5.92 Å². The summed E-state index contributed by atoms with van der Waals surface area (Å²) in [5, 5.41) is 9.03. The summed E-state index contributed by atoms with van der Waals surface area (Å²) < 4.78 is 19.2. The van der Waals surface area contributed by atoms with Gasteiger partial charge in [-0.1, -0.05) is 12.8 Å². The maximum atomic E-state index is 9.67. The Balaban J connectivity index is 1.19. The number of anilines is 1. The predicted octanol–water partition coefficient (Wildman–Crippen LogP) is 3.58. The number of aromatic nitrogens is 4. The highest BCUT2D eigenvalue weighted by Gasteiger charge is 2.31. The molecule has 3 atom stereocenters. The number of nitrogens with one attached hydrogen (secondary N) is 1. The van der Waals surface area contributed by atoms with Crippen LogP contribution < -0.4 is 5.32 Å². The summed E-state index contributed by atoms with van der Waals surface area (Å²) in [6.07, 6.45) is 9.87. The number of ether oxygens (including phenoxy) is 3. The molecular weight excluding hydrogens is 469 g/mol. The lowest BCUT2D eigenvalue weighted by Gasteiger charge is -2.21. The van der Waals surface area contributed by atoms with E-state index in [4.69, 9.17) is 25.8 Å². The molecule has 2 aromatic heterocycles. The van der Waals surface area contributed by atoms with Crippen molar-refractivity contribution in [2.45, 2.75) is 75.6 Å². The summed E-state index contributed by atoms with van der Waals surface area (Å²) in [6, 6.07) is 0.400. The molecule has 0 bridgehead atoms. The summed E-state index contributed by atoms with van der Waals surface area (Å²) in [5.41, 5.74) is 0.641. The van der Waals surface area contributed by atoms with Crippen molar-refractivity contribution in [2.24, 2.45) is 5.92 Å². The molecule has 0 amide bonds. The van der Waals surface area contributed by atoms with Gasteiger partial charge in [0, 0.05) is 12.6 Å². The van der Waals surface area contributed by atoms with E-state index in [0.717, 1.165) is 31.1 Å². The minimum absolute atomic E-state index is 0.177. The molecule has 0 spiro atoms. The van der Waals surface area contributed by atoms with Crippen LogP contribution in [0.25, 0.3) is 11.0 Å². The molecule has 3 fully saturated rings. The summed E-state index contributed by atoms with van der Waals surface area (Å²) >= 11 is 6.23. The van der Waals surface area contributed by atoms with E-state index in [-0.39, 0.29) is 30.8 Å². The third-order valence-corrected chi connectivity index (χ3v) is 7.51. The number of nitrogens with zero attached hydrogens (tertiary/aromatic N) is 4. The lowest BCUT2D eigenvalue weighted by molar-refractivity contribution is -0.0636.